The molecule has 2 heterocycles. The van der Waals surface area contributed by atoms with Gasteiger partial charge in [0, 0.05) is 35.4 Å². The van der Waals surface area contributed by atoms with Crippen LogP contribution in [0.3, 0.4) is 0 Å². The Morgan fingerprint density at radius 2 is 1.93 bits per heavy atom. The van der Waals surface area contributed by atoms with Crippen molar-refractivity contribution in [2.75, 3.05) is 6.54 Å². The largest absolute Gasteiger partial charge is 0.361 e. The van der Waals surface area contributed by atoms with E-state index in [-0.39, 0.29) is 5.69 Å². The van der Waals surface area contributed by atoms with Gasteiger partial charge in [0.25, 0.3) is 5.91 Å². The Labute approximate surface area is 172 Å². The topological polar surface area (TPSA) is 79.8 Å². The van der Waals surface area contributed by atoms with Crippen LogP contribution in [0.2, 0.25) is 5.02 Å². The van der Waals surface area contributed by atoms with Gasteiger partial charge in [-0.3, -0.25) is 9.59 Å². The van der Waals surface area contributed by atoms with Gasteiger partial charge < -0.3 is 10.3 Å². The van der Waals surface area contributed by atoms with E-state index < -0.39 is 11.3 Å². The highest BCUT2D eigenvalue weighted by molar-refractivity contribution is 6.32. The van der Waals surface area contributed by atoms with Crippen molar-refractivity contribution >= 4 is 28.4 Å². The Bertz CT molecular complexity index is 1260. The summed E-state index contributed by atoms with van der Waals surface area (Å²) in [6, 6.07) is 16.5. The van der Waals surface area contributed by atoms with Gasteiger partial charge in [0.05, 0.1) is 10.7 Å². The van der Waals surface area contributed by atoms with E-state index >= 15 is 0 Å². The molecule has 2 aromatic carbocycles. The molecule has 0 aliphatic carbocycles. The van der Waals surface area contributed by atoms with Crippen molar-refractivity contribution in [2.24, 2.45) is 0 Å². The maximum atomic E-state index is 12.6. The molecular weight excluding hydrogens is 388 g/mol. The number of carbonyl (C=O) groups excluding carboxylic acids is 1. The number of amides is 1. The highest BCUT2D eigenvalue weighted by atomic mass is 35.5. The Morgan fingerprint density at radius 1 is 1.17 bits per heavy atom. The van der Waals surface area contributed by atoms with Gasteiger partial charge in [-0.2, -0.15) is 5.10 Å². The van der Waals surface area contributed by atoms with Crippen molar-refractivity contribution in [1.29, 1.82) is 0 Å². The highest BCUT2D eigenvalue weighted by Crippen LogP contribution is 2.20. The van der Waals surface area contributed by atoms with E-state index in [0.717, 1.165) is 16.5 Å². The van der Waals surface area contributed by atoms with Crippen molar-refractivity contribution in [3.05, 3.63) is 93.0 Å². The summed E-state index contributed by atoms with van der Waals surface area (Å²) in [6.07, 6.45) is 2.58. The van der Waals surface area contributed by atoms with Crippen LogP contribution in [0.25, 0.3) is 16.6 Å². The second-order valence-electron chi connectivity index (χ2n) is 6.73. The molecule has 0 aliphatic rings. The number of hydrogen-bond donors (Lipinski definition) is 2. The molecule has 0 bridgehead atoms. The summed E-state index contributed by atoms with van der Waals surface area (Å²) in [4.78, 5) is 28.2. The Balaban J connectivity index is 1.53. The number of carbonyl (C=O) groups is 1. The van der Waals surface area contributed by atoms with Crippen LogP contribution in [0.4, 0.5) is 0 Å². The third kappa shape index (κ3) is 3.79. The second kappa shape index (κ2) is 7.93. The average Bonchev–Trinajstić information content (AvgIpc) is 3.12. The first-order valence-electron chi connectivity index (χ1n) is 9.23. The molecule has 29 heavy (non-hydrogen) atoms. The number of nitrogens with one attached hydrogen (secondary N) is 2. The van der Waals surface area contributed by atoms with Crippen molar-refractivity contribution in [3.63, 3.8) is 0 Å². The molecule has 0 saturated heterocycles. The number of hydrogen-bond acceptors (Lipinski definition) is 3. The van der Waals surface area contributed by atoms with Crippen LogP contribution in [0, 0.1) is 6.92 Å². The molecule has 7 heteroatoms. The molecule has 1 amide bonds. The summed E-state index contributed by atoms with van der Waals surface area (Å²) in [6.45, 7) is 2.14. The lowest BCUT2D eigenvalue weighted by molar-refractivity contribution is 0.0946. The summed E-state index contributed by atoms with van der Waals surface area (Å²) in [5.74, 6) is -0.504. The Kier molecular flexibility index (Phi) is 5.18. The zero-order valence-electron chi connectivity index (χ0n) is 15.8. The molecular formula is C22H19ClN4O2. The Hall–Kier alpha value is -3.38. The first-order chi connectivity index (χ1) is 14.0. The fraction of sp³-hybridized carbons (Fsp3) is 0.136. The fourth-order valence-electron chi connectivity index (χ4n) is 3.30. The van der Waals surface area contributed by atoms with Gasteiger partial charge in [-0.15, -0.1) is 0 Å². The number of nitrogens with zero attached hydrogens (tertiary/aromatic N) is 2. The maximum Gasteiger partial charge on any atom is 0.275 e. The van der Waals surface area contributed by atoms with Crippen LogP contribution < -0.4 is 10.7 Å². The quantitative estimate of drug-likeness (QED) is 0.531. The van der Waals surface area contributed by atoms with Gasteiger partial charge in [0.2, 0.25) is 5.43 Å². The third-order valence-electron chi connectivity index (χ3n) is 4.76. The second-order valence-corrected chi connectivity index (χ2v) is 7.13. The van der Waals surface area contributed by atoms with Gasteiger partial charge >= 0.3 is 0 Å². The van der Waals surface area contributed by atoms with E-state index in [1.165, 1.54) is 10.7 Å². The standard InChI is InChI=1S/C22H19ClN4O2/c1-14-12-20(28)21(26-27(14)19-9-5-3-7-17(19)23)22(29)24-11-10-15-13-25-18-8-4-2-6-16(15)18/h2-9,12-13,25H,10-11H2,1H3,(H,24,29). The lowest BCUT2D eigenvalue weighted by Crippen LogP contribution is -2.33. The predicted octanol–water partition coefficient (Wildman–Crippen LogP) is 3.65. The number of fused-ring (bicyclic) bond motifs is 1. The maximum absolute atomic E-state index is 12.6. The number of halogens is 1. The van der Waals surface area contributed by atoms with E-state index in [1.54, 1.807) is 19.1 Å². The SMILES string of the molecule is Cc1cc(=O)c(C(=O)NCCc2c[nH]c3ccccc23)nn1-c1ccccc1Cl. The highest BCUT2D eigenvalue weighted by Gasteiger charge is 2.16. The molecule has 4 rings (SSSR count). The number of H-pyrrole nitrogens is 1. The van der Waals surface area contributed by atoms with Crippen molar-refractivity contribution in [1.82, 2.24) is 20.1 Å². The summed E-state index contributed by atoms with van der Waals surface area (Å²) >= 11 is 6.25. The lowest BCUT2D eigenvalue weighted by Gasteiger charge is -2.12. The number of aryl methyl sites for hydroxylation is 1. The van der Waals surface area contributed by atoms with E-state index in [2.05, 4.69) is 15.4 Å². The van der Waals surface area contributed by atoms with Crippen LogP contribution in [0.1, 0.15) is 21.7 Å². The van der Waals surface area contributed by atoms with Gasteiger partial charge in [-0.05, 0) is 37.1 Å². The minimum atomic E-state index is -0.504. The van der Waals surface area contributed by atoms with Gasteiger partial charge in [0.1, 0.15) is 0 Å². The van der Waals surface area contributed by atoms with Crippen LogP contribution in [0.5, 0.6) is 0 Å². The number of rotatable bonds is 5. The minimum absolute atomic E-state index is 0.158. The number of aromatic amines is 1. The minimum Gasteiger partial charge on any atom is -0.361 e. The third-order valence-corrected chi connectivity index (χ3v) is 5.08. The molecule has 2 aromatic heterocycles. The van der Waals surface area contributed by atoms with Gasteiger partial charge in [-0.25, -0.2) is 4.68 Å². The average molecular weight is 407 g/mol. The molecule has 0 radical (unpaired) electrons. The van der Waals surface area contributed by atoms with Crippen molar-refractivity contribution in [3.8, 4) is 5.69 Å². The first kappa shape index (κ1) is 19.0. The summed E-state index contributed by atoms with van der Waals surface area (Å²) < 4.78 is 1.51. The Morgan fingerprint density at radius 3 is 2.76 bits per heavy atom. The molecule has 6 nitrogen and oxygen atoms in total. The van der Waals surface area contributed by atoms with Crippen LogP contribution in [0.15, 0.2) is 65.6 Å². The van der Waals surface area contributed by atoms with E-state index in [4.69, 9.17) is 11.6 Å². The van der Waals surface area contributed by atoms with E-state index in [0.29, 0.717) is 29.4 Å². The number of benzene rings is 2. The molecule has 0 fully saturated rings. The van der Waals surface area contributed by atoms with Crippen LogP contribution in [-0.2, 0) is 6.42 Å². The van der Waals surface area contributed by atoms with Crippen molar-refractivity contribution < 1.29 is 4.79 Å². The van der Waals surface area contributed by atoms with E-state index in [1.807, 2.05) is 42.6 Å². The van der Waals surface area contributed by atoms with Crippen LogP contribution in [-0.4, -0.2) is 27.2 Å². The van der Waals surface area contributed by atoms with E-state index in [9.17, 15) is 9.59 Å². The molecule has 0 atom stereocenters. The smallest absolute Gasteiger partial charge is 0.275 e. The van der Waals surface area contributed by atoms with Gasteiger partial charge in [0.15, 0.2) is 5.69 Å². The summed E-state index contributed by atoms with van der Waals surface area (Å²) in [5, 5.41) is 8.67. The van der Waals surface area contributed by atoms with Crippen molar-refractivity contribution in [2.45, 2.75) is 13.3 Å². The normalized spacial score (nSPS) is 11.0. The number of para-hydroxylation sites is 2. The molecule has 0 unspecified atom stereocenters. The zero-order valence-corrected chi connectivity index (χ0v) is 16.5. The molecule has 0 spiro atoms. The fourth-order valence-corrected chi connectivity index (χ4v) is 3.52. The predicted molar refractivity (Wildman–Crippen MR) is 114 cm³/mol. The molecule has 4 aromatic rings. The van der Waals surface area contributed by atoms with Gasteiger partial charge in [-0.1, -0.05) is 41.9 Å². The summed E-state index contributed by atoms with van der Waals surface area (Å²) in [7, 11) is 0. The molecule has 0 aliphatic heterocycles. The number of aromatic nitrogens is 3. The lowest BCUT2D eigenvalue weighted by atomic mass is 10.1. The summed E-state index contributed by atoms with van der Waals surface area (Å²) in [5.41, 5.74) is 2.78. The molecule has 146 valence electrons. The molecule has 0 saturated carbocycles. The zero-order chi connectivity index (χ0) is 20.4. The molecule has 2 N–H and O–H groups in total. The van der Waals surface area contributed by atoms with Crippen LogP contribution >= 0.6 is 11.6 Å². The first-order valence-corrected chi connectivity index (χ1v) is 9.61. The monoisotopic (exact) mass is 406 g/mol.